The maximum absolute atomic E-state index is 12.7. The van der Waals surface area contributed by atoms with Crippen molar-refractivity contribution in [2.24, 2.45) is 0 Å². The fourth-order valence-corrected chi connectivity index (χ4v) is 5.23. The van der Waals surface area contributed by atoms with Gasteiger partial charge in [0.15, 0.2) is 5.13 Å². The van der Waals surface area contributed by atoms with E-state index in [1.165, 1.54) is 34.7 Å². The number of thioether (sulfide) groups is 1. The third kappa shape index (κ3) is 6.64. The molecule has 3 aromatic carbocycles. The highest BCUT2D eigenvalue weighted by molar-refractivity contribution is 8.00. The Morgan fingerprint density at radius 3 is 2.37 bits per heavy atom. The zero-order valence-corrected chi connectivity index (χ0v) is 22.0. The van der Waals surface area contributed by atoms with Crippen molar-refractivity contribution in [2.45, 2.75) is 24.0 Å². The van der Waals surface area contributed by atoms with Gasteiger partial charge in [-0.15, -0.1) is 23.1 Å². The molecule has 1 unspecified atom stereocenters. The zero-order valence-electron chi connectivity index (χ0n) is 18.8. The largest absolute Gasteiger partial charge is 0.322 e. The van der Waals surface area contributed by atoms with Gasteiger partial charge in [-0.2, -0.15) is 0 Å². The SMILES string of the molecule is Cc1ccc(-c2csc(NC(=O)C(C)Sc3ccc(NC(=O)c4ccc(Cl)cc4Cl)cc3)n2)cc1. The molecule has 0 spiro atoms. The second kappa shape index (κ2) is 11.3. The van der Waals surface area contributed by atoms with Crippen LogP contribution in [-0.2, 0) is 4.79 Å². The number of amides is 2. The van der Waals surface area contributed by atoms with Gasteiger partial charge in [0.2, 0.25) is 5.91 Å². The standard InChI is InChI=1S/C26H21Cl2N3O2S2/c1-15-3-5-17(6-4-15)23-14-34-26(30-23)31-24(32)16(2)35-20-10-8-19(9-11-20)29-25(33)21-12-7-18(27)13-22(21)28/h3-14,16H,1-2H3,(H,29,33)(H,30,31,32). The Morgan fingerprint density at radius 2 is 1.69 bits per heavy atom. The highest BCUT2D eigenvalue weighted by atomic mass is 35.5. The molecule has 2 N–H and O–H groups in total. The van der Waals surface area contributed by atoms with Crippen LogP contribution in [-0.4, -0.2) is 22.0 Å². The van der Waals surface area contributed by atoms with Crippen LogP contribution in [0.2, 0.25) is 10.0 Å². The first-order valence-corrected chi connectivity index (χ1v) is 13.2. The molecule has 0 aliphatic rings. The van der Waals surface area contributed by atoms with Gasteiger partial charge in [0, 0.05) is 26.5 Å². The van der Waals surface area contributed by atoms with Crippen molar-refractivity contribution in [1.29, 1.82) is 0 Å². The summed E-state index contributed by atoms with van der Waals surface area (Å²) in [4.78, 5) is 30.6. The molecule has 4 rings (SSSR count). The van der Waals surface area contributed by atoms with Crippen LogP contribution in [0, 0.1) is 6.92 Å². The van der Waals surface area contributed by atoms with E-state index in [0.717, 1.165) is 16.2 Å². The van der Waals surface area contributed by atoms with Crippen LogP contribution in [0.15, 0.2) is 77.0 Å². The molecule has 35 heavy (non-hydrogen) atoms. The number of benzene rings is 3. The molecular weight excluding hydrogens is 521 g/mol. The summed E-state index contributed by atoms with van der Waals surface area (Å²) in [6.07, 6.45) is 0. The Bertz CT molecular complexity index is 1360. The molecular formula is C26H21Cl2N3O2S2. The minimum atomic E-state index is -0.338. The topological polar surface area (TPSA) is 71.1 Å². The summed E-state index contributed by atoms with van der Waals surface area (Å²) >= 11 is 14.8. The Morgan fingerprint density at radius 1 is 0.971 bits per heavy atom. The average Bonchev–Trinajstić information content (AvgIpc) is 3.29. The summed E-state index contributed by atoms with van der Waals surface area (Å²) < 4.78 is 0. The molecule has 1 atom stereocenters. The zero-order chi connectivity index (χ0) is 24.9. The van der Waals surface area contributed by atoms with Crippen molar-refractivity contribution < 1.29 is 9.59 Å². The third-order valence-electron chi connectivity index (χ3n) is 5.05. The molecule has 178 valence electrons. The van der Waals surface area contributed by atoms with Gasteiger partial charge in [0.25, 0.3) is 5.91 Å². The maximum atomic E-state index is 12.7. The number of hydrogen-bond acceptors (Lipinski definition) is 5. The van der Waals surface area contributed by atoms with Crippen molar-refractivity contribution in [3.63, 3.8) is 0 Å². The highest BCUT2D eigenvalue weighted by Crippen LogP contribution is 2.29. The molecule has 5 nitrogen and oxygen atoms in total. The van der Waals surface area contributed by atoms with E-state index in [1.54, 1.807) is 24.3 Å². The highest BCUT2D eigenvalue weighted by Gasteiger charge is 2.17. The summed E-state index contributed by atoms with van der Waals surface area (Å²) in [6, 6.07) is 20.1. The smallest absolute Gasteiger partial charge is 0.257 e. The van der Waals surface area contributed by atoms with Crippen molar-refractivity contribution in [2.75, 3.05) is 10.6 Å². The Balaban J connectivity index is 1.32. The number of halogens is 2. The van der Waals surface area contributed by atoms with Crippen molar-refractivity contribution in [1.82, 2.24) is 4.98 Å². The number of nitrogens with one attached hydrogen (secondary N) is 2. The van der Waals surface area contributed by atoms with Gasteiger partial charge >= 0.3 is 0 Å². The lowest BCUT2D eigenvalue weighted by Gasteiger charge is -2.11. The number of aryl methyl sites for hydroxylation is 1. The molecule has 0 aliphatic heterocycles. The van der Waals surface area contributed by atoms with Crippen molar-refractivity contribution >= 4 is 68.9 Å². The predicted molar refractivity (Wildman–Crippen MR) is 147 cm³/mol. The van der Waals surface area contributed by atoms with Crippen LogP contribution >= 0.6 is 46.3 Å². The van der Waals surface area contributed by atoms with E-state index >= 15 is 0 Å². The Hall–Kier alpha value is -2.84. The fourth-order valence-electron chi connectivity index (χ4n) is 3.14. The van der Waals surface area contributed by atoms with Crippen molar-refractivity contribution in [3.8, 4) is 11.3 Å². The molecule has 9 heteroatoms. The minimum absolute atomic E-state index is 0.130. The van der Waals surface area contributed by atoms with Crippen LogP contribution < -0.4 is 10.6 Å². The normalized spacial score (nSPS) is 11.7. The van der Waals surface area contributed by atoms with E-state index in [2.05, 4.69) is 15.6 Å². The number of rotatable bonds is 7. The maximum Gasteiger partial charge on any atom is 0.257 e. The number of carbonyl (C=O) groups excluding carboxylic acids is 2. The van der Waals surface area contributed by atoms with Gasteiger partial charge < -0.3 is 10.6 Å². The molecule has 1 heterocycles. The molecule has 2 amide bonds. The lowest BCUT2D eigenvalue weighted by molar-refractivity contribution is -0.115. The van der Waals surface area contributed by atoms with E-state index < -0.39 is 0 Å². The van der Waals surface area contributed by atoms with Crippen LogP contribution in [0.3, 0.4) is 0 Å². The summed E-state index contributed by atoms with van der Waals surface area (Å²) in [7, 11) is 0. The third-order valence-corrected chi connectivity index (χ3v) is 7.47. The summed E-state index contributed by atoms with van der Waals surface area (Å²) in [5.41, 5.74) is 3.99. The van der Waals surface area contributed by atoms with Gasteiger partial charge in [-0.25, -0.2) is 4.98 Å². The van der Waals surface area contributed by atoms with Crippen LogP contribution in [0.5, 0.6) is 0 Å². The van der Waals surface area contributed by atoms with E-state index in [9.17, 15) is 9.59 Å². The first-order chi connectivity index (χ1) is 16.8. The molecule has 0 bridgehead atoms. The number of aromatic nitrogens is 1. The number of carbonyl (C=O) groups is 2. The molecule has 0 fully saturated rings. The van der Waals surface area contributed by atoms with Crippen LogP contribution in [0.4, 0.5) is 10.8 Å². The van der Waals surface area contributed by atoms with Gasteiger partial charge in [0.05, 0.1) is 21.5 Å². The van der Waals surface area contributed by atoms with Gasteiger partial charge in [-0.3, -0.25) is 9.59 Å². The Labute approximate surface area is 221 Å². The number of nitrogens with zero attached hydrogens (tertiary/aromatic N) is 1. The van der Waals surface area contributed by atoms with Crippen LogP contribution in [0.25, 0.3) is 11.3 Å². The molecule has 0 saturated carbocycles. The second-order valence-electron chi connectivity index (χ2n) is 7.76. The van der Waals surface area contributed by atoms with Crippen LogP contribution in [0.1, 0.15) is 22.8 Å². The number of hydrogen-bond donors (Lipinski definition) is 2. The number of anilines is 2. The molecule has 0 saturated heterocycles. The fraction of sp³-hybridized carbons (Fsp3) is 0.115. The van der Waals surface area contributed by atoms with E-state index in [4.69, 9.17) is 23.2 Å². The summed E-state index contributed by atoms with van der Waals surface area (Å²) in [5, 5.41) is 8.62. The lowest BCUT2D eigenvalue weighted by Crippen LogP contribution is -2.22. The van der Waals surface area contributed by atoms with E-state index in [-0.39, 0.29) is 22.1 Å². The minimum Gasteiger partial charge on any atom is -0.322 e. The van der Waals surface area contributed by atoms with Crippen molar-refractivity contribution in [3.05, 3.63) is 93.3 Å². The molecule has 0 radical (unpaired) electrons. The summed E-state index contributed by atoms with van der Waals surface area (Å²) in [6.45, 7) is 3.88. The first-order valence-electron chi connectivity index (χ1n) is 10.6. The Kier molecular flexibility index (Phi) is 8.13. The second-order valence-corrected chi connectivity index (χ2v) is 10.9. The molecule has 0 aliphatic carbocycles. The molecule has 4 aromatic rings. The molecule has 1 aromatic heterocycles. The van der Waals surface area contributed by atoms with Gasteiger partial charge in [-0.05, 0) is 56.3 Å². The van der Waals surface area contributed by atoms with E-state index in [1.807, 2.05) is 55.6 Å². The van der Waals surface area contributed by atoms with Gasteiger partial charge in [0.1, 0.15) is 0 Å². The summed E-state index contributed by atoms with van der Waals surface area (Å²) in [5.74, 6) is -0.456. The average molecular weight is 543 g/mol. The quantitative estimate of drug-likeness (QED) is 0.234. The number of thiazole rings is 1. The lowest BCUT2D eigenvalue weighted by atomic mass is 10.1. The van der Waals surface area contributed by atoms with E-state index in [0.29, 0.717) is 21.4 Å². The monoisotopic (exact) mass is 541 g/mol. The predicted octanol–water partition coefficient (Wildman–Crippen LogP) is 7.80. The first kappa shape index (κ1) is 25.3. The van der Waals surface area contributed by atoms with Gasteiger partial charge in [-0.1, -0.05) is 53.0 Å².